The molecule has 1 fully saturated rings. The van der Waals surface area contributed by atoms with Gasteiger partial charge in [-0.2, -0.15) is 12.7 Å². The fourth-order valence-electron chi connectivity index (χ4n) is 3.63. The van der Waals surface area contributed by atoms with Crippen LogP contribution in [0.4, 0.5) is 18.9 Å². The second kappa shape index (κ2) is 7.99. The van der Waals surface area contributed by atoms with Crippen molar-refractivity contribution in [1.29, 1.82) is 0 Å². The number of halogens is 3. The molecule has 1 saturated heterocycles. The Morgan fingerprint density at radius 1 is 0.844 bits per heavy atom. The van der Waals surface area contributed by atoms with Gasteiger partial charge in [-0.25, -0.2) is 26.7 Å². The van der Waals surface area contributed by atoms with Crippen LogP contribution in [0.3, 0.4) is 0 Å². The molecule has 13 heteroatoms. The van der Waals surface area contributed by atoms with Crippen LogP contribution < -0.4 is 10.0 Å². The third-order valence-corrected chi connectivity index (χ3v) is 7.94. The van der Waals surface area contributed by atoms with Crippen molar-refractivity contribution in [3.8, 4) is 0 Å². The lowest BCUT2D eigenvalue weighted by atomic mass is 10.1. The van der Waals surface area contributed by atoms with E-state index in [1.54, 1.807) is 4.90 Å². The Kier molecular flexibility index (Phi) is 5.61. The molecule has 0 amide bonds. The first-order valence-corrected chi connectivity index (χ1v) is 12.3. The average molecular weight is 486 g/mol. The number of piperazine rings is 1. The number of hydrogen-bond acceptors (Lipinski definition) is 6. The number of anilines is 1. The summed E-state index contributed by atoms with van der Waals surface area (Å²) in [5.41, 5.74) is 0.298. The highest BCUT2D eigenvalue weighted by Crippen LogP contribution is 2.37. The highest BCUT2D eigenvalue weighted by atomic mass is 32.2. The Labute approximate surface area is 182 Å². The Morgan fingerprint density at radius 2 is 1.47 bits per heavy atom. The van der Waals surface area contributed by atoms with Crippen molar-refractivity contribution in [3.05, 3.63) is 60.0 Å². The molecular formula is C19H17F3N4O4S2. The summed E-state index contributed by atoms with van der Waals surface area (Å²) >= 11 is 0. The van der Waals surface area contributed by atoms with E-state index in [2.05, 4.69) is 4.98 Å². The molecule has 2 N–H and O–H groups in total. The van der Waals surface area contributed by atoms with Crippen LogP contribution in [0.2, 0.25) is 0 Å². The SMILES string of the molecule is NS(=O)(=O)N1CCN(c2c(S(=O)(=O)c3cc(F)cc(F)c3)cnc3cc(F)ccc23)CC1. The molecule has 0 spiro atoms. The van der Waals surface area contributed by atoms with Crippen molar-refractivity contribution in [2.75, 3.05) is 31.1 Å². The number of benzene rings is 2. The summed E-state index contributed by atoms with van der Waals surface area (Å²) in [6, 6.07) is 5.54. The summed E-state index contributed by atoms with van der Waals surface area (Å²) in [4.78, 5) is 4.68. The van der Waals surface area contributed by atoms with Gasteiger partial charge in [-0.3, -0.25) is 4.98 Å². The number of sulfone groups is 1. The van der Waals surface area contributed by atoms with Gasteiger partial charge in [0.2, 0.25) is 9.84 Å². The number of aromatic nitrogens is 1. The fraction of sp³-hybridized carbons (Fsp3) is 0.211. The number of fused-ring (bicyclic) bond motifs is 1. The van der Waals surface area contributed by atoms with Crippen LogP contribution in [0.1, 0.15) is 0 Å². The number of pyridine rings is 1. The monoisotopic (exact) mass is 486 g/mol. The maximum absolute atomic E-state index is 13.7. The topological polar surface area (TPSA) is 114 Å². The van der Waals surface area contributed by atoms with Gasteiger partial charge in [-0.05, 0) is 24.3 Å². The smallest absolute Gasteiger partial charge is 0.277 e. The van der Waals surface area contributed by atoms with Crippen molar-refractivity contribution in [3.63, 3.8) is 0 Å². The first-order chi connectivity index (χ1) is 15.0. The van der Waals surface area contributed by atoms with Crippen molar-refractivity contribution in [2.45, 2.75) is 9.79 Å². The molecule has 1 aliphatic heterocycles. The van der Waals surface area contributed by atoms with Crippen molar-refractivity contribution < 1.29 is 30.0 Å². The van der Waals surface area contributed by atoms with E-state index in [1.165, 1.54) is 6.07 Å². The summed E-state index contributed by atoms with van der Waals surface area (Å²) in [6.45, 7) is 0.121. The summed E-state index contributed by atoms with van der Waals surface area (Å²) in [5, 5.41) is 5.45. The third kappa shape index (κ3) is 4.16. The van der Waals surface area contributed by atoms with Crippen LogP contribution in [-0.2, 0) is 20.0 Å². The van der Waals surface area contributed by atoms with Crippen LogP contribution in [0.25, 0.3) is 10.9 Å². The Bertz CT molecular complexity index is 1400. The molecule has 0 saturated carbocycles. The second-order valence-electron chi connectivity index (χ2n) is 7.17. The first-order valence-electron chi connectivity index (χ1n) is 9.29. The zero-order chi connectivity index (χ0) is 23.3. The lowest BCUT2D eigenvalue weighted by molar-refractivity contribution is 0.385. The molecule has 4 rings (SSSR count). The first kappa shape index (κ1) is 22.5. The largest absolute Gasteiger partial charge is 0.367 e. The highest BCUT2D eigenvalue weighted by Gasteiger charge is 2.31. The lowest BCUT2D eigenvalue weighted by Crippen LogP contribution is -2.51. The van der Waals surface area contributed by atoms with Crippen molar-refractivity contribution >= 4 is 36.6 Å². The van der Waals surface area contributed by atoms with Gasteiger partial charge < -0.3 is 4.90 Å². The van der Waals surface area contributed by atoms with Crippen molar-refractivity contribution in [2.24, 2.45) is 5.14 Å². The second-order valence-corrected chi connectivity index (χ2v) is 10.6. The number of nitrogens with two attached hydrogens (primary N) is 1. The molecule has 1 aliphatic rings. The Balaban J connectivity index is 1.89. The summed E-state index contributed by atoms with van der Waals surface area (Å²) in [6.07, 6.45) is 1.00. The standard InChI is InChI=1S/C19H17F3N4O4S2/c20-12-1-2-16-17(10-12)24-11-18(31(27,28)15-8-13(21)7-14(22)9-15)19(16)25-3-5-26(6-4-25)32(23,29)30/h1-2,7-11H,3-6H2,(H2,23,29,30). The molecule has 0 unspecified atom stereocenters. The molecule has 0 atom stereocenters. The molecule has 3 aromatic rings. The van der Waals surface area contributed by atoms with Crippen LogP contribution in [0.15, 0.2) is 52.4 Å². The Morgan fingerprint density at radius 3 is 2.06 bits per heavy atom. The maximum Gasteiger partial charge on any atom is 0.277 e. The molecule has 0 bridgehead atoms. The molecule has 1 aromatic heterocycles. The van der Waals surface area contributed by atoms with Gasteiger partial charge in [0.05, 0.1) is 16.1 Å². The van der Waals surface area contributed by atoms with E-state index in [0.717, 1.165) is 22.6 Å². The molecule has 32 heavy (non-hydrogen) atoms. The van der Waals surface area contributed by atoms with Crippen LogP contribution >= 0.6 is 0 Å². The van der Waals surface area contributed by atoms with Crippen molar-refractivity contribution in [1.82, 2.24) is 9.29 Å². The maximum atomic E-state index is 13.7. The molecule has 0 aliphatic carbocycles. The van der Waals surface area contributed by atoms with Gasteiger partial charge in [0.25, 0.3) is 10.2 Å². The van der Waals surface area contributed by atoms with Crippen LogP contribution in [0, 0.1) is 17.5 Å². The molecule has 2 aromatic carbocycles. The zero-order valence-electron chi connectivity index (χ0n) is 16.4. The summed E-state index contributed by atoms with van der Waals surface area (Å²) in [7, 11) is -8.37. The molecule has 170 valence electrons. The number of nitrogens with zero attached hydrogens (tertiary/aromatic N) is 3. The minimum atomic E-state index is -4.44. The summed E-state index contributed by atoms with van der Waals surface area (Å²) in [5.74, 6) is -2.72. The molecule has 0 radical (unpaired) electrons. The van der Waals surface area contributed by atoms with Crippen LogP contribution in [0.5, 0.6) is 0 Å². The van der Waals surface area contributed by atoms with Gasteiger partial charge >= 0.3 is 0 Å². The average Bonchev–Trinajstić information content (AvgIpc) is 2.71. The minimum absolute atomic E-state index is 0.0159. The highest BCUT2D eigenvalue weighted by molar-refractivity contribution is 7.91. The number of hydrogen-bond donors (Lipinski definition) is 1. The van der Waals surface area contributed by atoms with E-state index in [-0.39, 0.29) is 47.7 Å². The zero-order valence-corrected chi connectivity index (χ0v) is 18.0. The van der Waals surface area contributed by atoms with Crippen LogP contribution in [-0.4, -0.2) is 52.3 Å². The third-order valence-electron chi connectivity index (χ3n) is 5.12. The molecule has 2 heterocycles. The van der Waals surface area contributed by atoms with Gasteiger partial charge in [0.1, 0.15) is 22.3 Å². The van der Waals surface area contributed by atoms with Gasteiger partial charge in [0, 0.05) is 49.9 Å². The van der Waals surface area contributed by atoms with Gasteiger partial charge in [-0.15, -0.1) is 0 Å². The minimum Gasteiger partial charge on any atom is -0.367 e. The van der Waals surface area contributed by atoms with E-state index < -0.39 is 42.4 Å². The molecular weight excluding hydrogens is 469 g/mol. The predicted octanol–water partition coefficient (Wildman–Crippen LogP) is 1.81. The predicted molar refractivity (Wildman–Crippen MR) is 110 cm³/mol. The fourth-order valence-corrected chi connectivity index (χ4v) is 5.78. The van der Waals surface area contributed by atoms with E-state index >= 15 is 0 Å². The number of rotatable bonds is 4. The lowest BCUT2D eigenvalue weighted by Gasteiger charge is -2.35. The van der Waals surface area contributed by atoms with E-state index in [1.807, 2.05) is 0 Å². The van der Waals surface area contributed by atoms with E-state index in [4.69, 9.17) is 5.14 Å². The van der Waals surface area contributed by atoms with E-state index in [0.29, 0.717) is 18.2 Å². The van der Waals surface area contributed by atoms with E-state index in [9.17, 15) is 30.0 Å². The van der Waals surface area contributed by atoms with Gasteiger partial charge in [0.15, 0.2) is 0 Å². The Hall–Kier alpha value is -2.74. The molecule has 8 nitrogen and oxygen atoms in total. The quantitative estimate of drug-likeness (QED) is 0.602. The summed E-state index contributed by atoms with van der Waals surface area (Å²) < 4.78 is 92.2. The van der Waals surface area contributed by atoms with Gasteiger partial charge in [-0.1, -0.05) is 0 Å². The normalized spacial score (nSPS) is 15.9.